The van der Waals surface area contributed by atoms with Gasteiger partial charge in [0.15, 0.2) is 0 Å². The van der Waals surface area contributed by atoms with Gasteiger partial charge < -0.3 is 9.84 Å². The molecule has 1 aliphatic rings. The fourth-order valence-corrected chi connectivity index (χ4v) is 2.80. The average molecular weight is 257 g/mol. The zero-order valence-corrected chi connectivity index (χ0v) is 9.61. The first-order valence-corrected chi connectivity index (χ1v) is 6.52. The van der Waals surface area contributed by atoms with Gasteiger partial charge in [-0.05, 0) is 18.2 Å². The fraction of sp³-hybridized carbons (Fsp3) is 0.300. The molecule has 0 aliphatic carbocycles. The molecule has 3 N–H and O–H groups in total. The van der Waals surface area contributed by atoms with E-state index >= 15 is 0 Å². The summed E-state index contributed by atoms with van der Waals surface area (Å²) in [5.41, 5.74) is 0.335. The Labute approximate surface area is 98.1 Å². The van der Waals surface area contributed by atoms with Crippen LogP contribution in [-0.4, -0.2) is 26.1 Å². The standard InChI is InChI=1S/C10H11NO5S/c11-17(14,15)9-3-4-16-8-2-1-6(10(12)13)5-7(8)9/h1-2,5,9H,3-4H2,(H,12,13)(H2,11,14,15). The Hall–Kier alpha value is -1.60. The van der Waals surface area contributed by atoms with Gasteiger partial charge in [-0.1, -0.05) is 0 Å². The number of carbonyl (C=O) groups is 1. The average Bonchev–Trinajstić information content (AvgIpc) is 2.26. The van der Waals surface area contributed by atoms with Crippen LogP contribution in [0.5, 0.6) is 5.75 Å². The van der Waals surface area contributed by atoms with Gasteiger partial charge in [0.1, 0.15) is 11.0 Å². The van der Waals surface area contributed by atoms with E-state index < -0.39 is 21.2 Å². The molecule has 17 heavy (non-hydrogen) atoms. The molecule has 1 atom stereocenters. The van der Waals surface area contributed by atoms with Crippen molar-refractivity contribution in [2.75, 3.05) is 6.61 Å². The number of carboxylic acid groups (broad SMARTS) is 1. The maximum atomic E-state index is 11.4. The van der Waals surface area contributed by atoms with E-state index in [0.717, 1.165) is 0 Å². The molecule has 0 fully saturated rings. The summed E-state index contributed by atoms with van der Waals surface area (Å²) >= 11 is 0. The van der Waals surface area contributed by atoms with Crippen LogP contribution in [-0.2, 0) is 10.0 Å². The number of benzene rings is 1. The second kappa shape index (κ2) is 4.01. The third kappa shape index (κ3) is 2.25. The minimum absolute atomic E-state index is 0.0166. The third-order valence-corrected chi connectivity index (χ3v) is 3.92. The summed E-state index contributed by atoms with van der Waals surface area (Å²) in [6.45, 7) is 0.251. The second-order valence-corrected chi connectivity index (χ2v) is 5.52. The molecule has 2 rings (SSSR count). The lowest BCUT2D eigenvalue weighted by molar-refractivity contribution is 0.0696. The van der Waals surface area contributed by atoms with Crippen LogP contribution in [0.15, 0.2) is 18.2 Å². The quantitative estimate of drug-likeness (QED) is 0.802. The number of rotatable bonds is 2. The van der Waals surface area contributed by atoms with Gasteiger partial charge in [0.25, 0.3) is 0 Å². The van der Waals surface area contributed by atoms with E-state index in [-0.39, 0.29) is 18.6 Å². The van der Waals surface area contributed by atoms with Crippen molar-refractivity contribution in [1.29, 1.82) is 0 Å². The highest BCUT2D eigenvalue weighted by atomic mass is 32.2. The summed E-state index contributed by atoms with van der Waals surface area (Å²) in [5.74, 6) is -0.744. The predicted octanol–water partition coefficient (Wildman–Crippen LogP) is 0.497. The van der Waals surface area contributed by atoms with Gasteiger partial charge >= 0.3 is 5.97 Å². The fourth-order valence-electron chi connectivity index (χ4n) is 1.84. The van der Waals surface area contributed by atoms with E-state index in [4.69, 9.17) is 15.0 Å². The smallest absolute Gasteiger partial charge is 0.335 e. The lowest BCUT2D eigenvalue weighted by Crippen LogP contribution is -2.27. The maximum Gasteiger partial charge on any atom is 0.335 e. The number of ether oxygens (including phenoxy) is 1. The van der Waals surface area contributed by atoms with Gasteiger partial charge in [-0.2, -0.15) is 0 Å². The first-order valence-electron chi connectivity index (χ1n) is 4.91. The number of carboxylic acids is 1. The number of sulfonamides is 1. The van der Waals surface area contributed by atoms with Crippen LogP contribution in [0.3, 0.4) is 0 Å². The van der Waals surface area contributed by atoms with Crippen LogP contribution >= 0.6 is 0 Å². The maximum absolute atomic E-state index is 11.4. The first kappa shape index (κ1) is 11.9. The van der Waals surface area contributed by atoms with Crippen LogP contribution in [0, 0.1) is 0 Å². The molecule has 1 aromatic rings. The number of fused-ring (bicyclic) bond motifs is 1. The highest BCUT2D eigenvalue weighted by Crippen LogP contribution is 2.36. The molecule has 0 bridgehead atoms. The molecule has 0 saturated carbocycles. The number of hydrogen-bond donors (Lipinski definition) is 2. The van der Waals surface area contributed by atoms with E-state index in [1.54, 1.807) is 0 Å². The highest BCUT2D eigenvalue weighted by molar-refractivity contribution is 7.89. The molecule has 0 amide bonds. The first-order chi connectivity index (χ1) is 7.89. The third-order valence-electron chi connectivity index (χ3n) is 2.64. The van der Waals surface area contributed by atoms with Gasteiger partial charge in [0.05, 0.1) is 12.2 Å². The van der Waals surface area contributed by atoms with E-state index in [1.165, 1.54) is 18.2 Å². The van der Waals surface area contributed by atoms with Crippen molar-refractivity contribution in [1.82, 2.24) is 0 Å². The van der Waals surface area contributed by atoms with Crippen molar-refractivity contribution in [2.24, 2.45) is 5.14 Å². The number of primary sulfonamides is 1. The molecule has 1 aliphatic heterocycles. The topological polar surface area (TPSA) is 107 Å². The zero-order valence-electron chi connectivity index (χ0n) is 8.79. The number of aromatic carboxylic acids is 1. The van der Waals surface area contributed by atoms with E-state index in [1.807, 2.05) is 0 Å². The summed E-state index contributed by atoms with van der Waals surface area (Å²) in [7, 11) is -3.75. The molecule has 1 heterocycles. The van der Waals surface area contributed by atoms with Gasteiger partial charge in [-0.3, -0.25) is 0 Å². The molecule has 1 unspecified atom stereocenters. The van der Waals surface area contributed by atoms with Crippen molar-refractivity contribution < 1.29 is 23.1 Å². The summed E-state index contributed by atoms with van der Waals surface area (Å²) in [6.07, 6.45) is 0.231. The summed E-state index contributed by atoms with van der Waals surface area (Å²) in [4.78, 5) is 10.8. The van der Waals surface area contributed by atoms with E-state index in [9.17, 15) is 13.2 Å². The van der Waals surface area contributed by atoms with Crippen LogP contribution in [0.1, 0.15) is 27.6 Å². The molecular weight excluding hydrogens is 246 g/mol. The summed E-state index contributed by atoms with van der Waals surface area (Å²) in [6, 6.07) is 4.12. The van der Waals surface area contributed by atoms with Crippen molar-refractivity contribution >= 4 is 16.0 Å². The van der Waals surface area contributed by atoms with Gasteiger partial charge in [-0.25, -0.2) is 18.4 Å². The largest absolute Gasteiger partial charge is 0.493 e. The minimum Gasteiger partial charge on any atom is -0.493 e. The molecule has 0 aromatic heterocycles. The predicted molar refractivity (Wildman–Crippen MR) is 59.4 cm³/mol. The second-order valence-electron chi connectivity index (χ2n) is 3.77. The van der Waals surface area contributed by atoms with Crippen molar-refractivity contribution in [2.45, 2.75) is 11.7 Å². The molecule has 7 heteroatoms. The Bertz CT molecular complexity index is 566. The molecule has 0 spiro atoms. The Morgan fingerprint density at radius 2 is 2.18 bits per heavy atom. The van der Waals surface area contributed by atoms with E-state index in [0.29, 0.717) is 11.3 Å². The van der Waals surface area contributed by atoms with Crippen LogP contribution in [0.4, 0.5) is 0 Å². The van der Waals surface area contributed by atoms with Gasteiger partial charge in [0, 0.05) is 12.0 Å². The Kier molecular flexibility index (Phi) is 2.80. The normalized spacial score (nSPS) is 19.2. The zero-order chi connectivity index (χ0) is 12.6. The molecule has 6 nitrogen and oxygen atoms in total. The highest BCUT2D eigenvalue weighted by Gasteiger charge is 2.30. The Morgan fingerprint density at radius 1 is 1.47 bits per heavy atom. The Balaban J connectivity index is 2.56. The molecule has 0 saturated heterocycles. The van der Waals surface area contributed by atoms with Gasteiger partial charge in [-0.15, -0.1) is 0 Å². The van der Waals surface area contributed by atoms with Crippen molar-refractivity contribution in [3.8, 4) is 5.75 Å². The molecule has 0 radical (unpaired) electrons. The molecular formula is C10H11NO5S. The minimum atomic E-state index is -3.75. The lowest BCUT2D eigenvalue weighted by Gasteiger charge is -2.24. The SMILES string of the molecule is NS(=O)(=O)C1CCOc2ccc(C(=O)O)cc21. The van der Waals surface area contributed by atoms with Crippen LogP contribution in [0.25, 0.3) is 0 Å². The van der Waals surface area contributed by atoms with Crippen LogP contribution in [0.2, 0.25) is 0 Å². The summed E-state index contributed by atoms with van der Waals surface area (Å²) in [5, 5.41) is 13.1. The van der Waals surface area contributed by atoms with Crippen molar-refractivity contribution in [3.05, 3.63) is 29.3 Å². The van der Waals surface area contributed by atoms with Gasteiger partial charge in [0.2, 0.25) is 10.0 Å². The monoisotopic (exact) mass is 257 g/mol. The lowest BCUT2D eigenvalue weighted by atomic mass is 10.0. The number of hydrogen-bond acceptors (Lipinski definition) is 4. The summed E-state index contributed by atoms with van der Waals surface area (Å²) < 4.78 is 28.1. The Morgan fingerprint density at radius 3 is 2.76 bits per heavy atom. The number of nitrogens with two attached hydrogens (primary N) is 1. The molecule has 92 valence electrons. The van der Waals surface area contributed by atoms with Crippen LogP contribution < -0.4 is 9.88 Å². The molecule has 1 aromatic carbocycles. The van der Waals surface area contributed by atoms with E-state index in [2.05, 4.69) is 0 Å². The van der Waals surface area contributed by atoms with Crippen molar-refractivity contribution in [3.63, 3.8) is 0 Å².